The predicted molar refractivity (Wildman–Crippen MR) is 86.0 cm³/mol. The van der Waals surface area contributed by atoms with Crippen molar-refractivity contribution in [2.75, 3.05) is 33.7 Å². The van der Waals surface area contributed by atoms with Crippen molar-refractivity contribution in [2.24, 2.45) is 5.92 Å². The van der Waals surface area contributed by atoms with Crippen LogP contribution in [-0.2, 0) is 10.2 Å². The summed E-state index contributed by atoms with van der Waals surface area (Å²) in [7, 11) is -0.00242. The zero-order chi connectivity index (χ0) is 15.8. The smallest absolute Gasteiger partial charge is 0.281 e. The highest BCUT2D eigenvalue weighted by Gasteiger charge is 2.27. The first-order chi connectivity index (χ1) is 9.23. The molecule has 0 radical (unpaired) electrons. The lowest BCUT2D eigenvalue weighted by Gasteiger charge is -2.29. The summed E-state index contributed by atoms with van der Waals surface area (Å²) in [6.07, 6.45) is 2.81. The second-order valence-corrected chi connectivity index (χ2v) is 8.02. The molecular formula is C14H33N3O2S. The van der Waals surface area contributed by atoms with Crippen LogP contribution in [0, 0.1) is 5.92 Å². The van der Waals surface area contributed by atoms with E-state index in [9.17, 15) is 8.42 Å². The zero-order valence-corrected chi connectivity index (χ0v) is 14.8. The van der Waals surface area contributed by atoms with Gasteiger partial charge in [-0.15, -0.1) is 0 Å². The van der Waals surface area contributed by atoms with Gasteiger partial charge in [0, 0.05) is 26.7 Å². The Kier molecular flexibility index (Phi) is 9.63. The fraction of sp³-hybridized carbons (Fsp3) is 1.00. The van der Waals surface area contributed by atoms with Crippen molar-refractivity contribution in [2.45, 2.75) is 53.0 Å². The highest BCUT2D eigenvalue weighted by atomic mass is 32.2. The van der Waals surface area contributed by atoms with Crippen LogP contribution < -0.4 is 5.32 Å². The average molecular weight is 308 g/mol. The van der Waals surface area contributed by atoms with E-state index in [1.54, 1.807) is 14.1 Å². The molecule has 0 fully saturated rings. The van der Waals surface area contributed by atoms with Crippen LogP contribution in [0.25, 0.3) is 0 Å². The van der Waals surface area contributed by atoms with E-state index in [2.05, 4.69) is 26.1 Å². The minimum absolute atomic E-state index is 0.0284. The van der Waals surface area contributed by atoms with E-state index in [0.29, 0.717) is 12.5 Å². The normalized spacial score (nSPS) is 14.4. The van der Waals surface area contributed by atoms with Crippen LogP contribution in [0.1, 0.15) is 47.0 Å². The van der Waals surface area contributed by atoms with Gasteiger partial charge in [-0.2, -0.15) is 17.0 Å². The van der Waals surface area contributed by atoms with Gasteiger partial charge in [-0.25, -0.2) is 0 Å². The summed E-state index contributed by atoms with van der Waals surface area (Å²) in [5.74, 6) is 0.492. The van der Waals surface area contributed by atoms with Crippen molar-refractivity contribution in [3.63, 3.8) is 0 Å². The Morgan fingerprint density at radius 2 is 1.70 bits per heavy atom. The molecule has 0 aliphatic heterocycles. The van der Waals surface area contributed by atoms with Gasteiger partial charge in [0.2, 0.25) is 0 Å². The quantitative estimate of drug-likeness (QED) is 0.593. The summed E-state index contributed by atoms with van der Waals surface area (Å²) in [6, 6.07) is 0.0284. The predicted octanol–water partition coefficient (Wildman–Crippen LogP) is 1.92. The third-order valence-electron chi connectivity index (χ3n) is 3.44. The SMILES string of the molecule is CCCNCCCN(C)S(=O)(=O)N(C)C(C)CC(C)C. The minimum Gasteiger partial charge on any atom is -0.317 e. The molecule has 0 aromatic carbocycles. The topological polar surface area (TPSA) is 52.7 Å². The van der Waals surface area contributed by atoms with E-state index in [4.69, 9.17) is 0 Å². The maximum Gasteiger partial charge on any atom is 0.281 e. The lowest BCUT2D eigenvalue weighted by Crippen LogP contribution is -2.45. The molecule has 0 aliphatic rings. The Hall–Kier alpha value is -0.170. The van der Waals surface area contributed by atoms with Gasteiger partial charge in [0.05, 0.1) is 0 Å². The largest absolute Gasteiger partial charge is 0.317 e. The van der Waals surface area contributed by atoms with Crippen LogP contribution in [-0.4, -0.2) is 56.8 Å². The van der Waals surface area contributed by atoms with E-state index >= 15 is 0 Å². The Morgan fingerprint density at radius 1 is 1.10 bits per heavy atom. The Morgan fingerprint density at radius 3 is 2.20 bits per heavy atom. The number of rotatable bonds is 11. The zero-order valence-electron chi connectivity index (χ0n) is 14.0. The molecule has 6 heteroatoms. The molecule has 1 atom stereocenters. The lowest BCUT2D eigenvalue weighted by molar-refractivity contribution is 0.310. The standard InChI is InChI=1S/C14H33N3O2S/c1-7-9-15-10-8-11-16(5)20(18,19)17(6)14(4)12-13(2)3/h13-15H,7-12H2,1-6H3. The van der Waals surface area contributed by atoms with Crippen LogP contribution >= 0.6 is 0 Å². The summed E-state index contributed by atoms with van der Waals surface area (Å²) in [5, 5.41) is 3.28. The highest BCUT2D eigenvalue weighted by Crippen LogP contribution is 2.15. The molecule has 0 aliphatic carbocycles. The Labute approximate surface area is 125 Å². The minimum atomic E-state index is -3.34. The monoisotopic (exact) mass is 307 g/mol. The molecule has 0 bridgehead atoms. The summed E-state index contributed by atoms with van der Waals surface area (Å²) >= 11 is 0. The first-order valence-corrected chi connectivity index (χ1v) is 9.03. The molecule has 1 N–H and O–H groups in total. The maximum atomic E-state index is 12.4. The summed E-state index contributed by atoms with van der Waals surface area (Å²) in [5.41, 5.74) is 0. The van der Waals surface area contributed by atoms with Gasteiger partial charge >= 0.3 is 0 Å². The lowest BCUT2D eigenvalue weighted by atomic mass is 10.1. The molecule has 0 aromatic rings. The van der Waals surface area contributed by atoms with Crippen LogP contribution in [0.4, 0.5) is 0 Å². The Balaban J connectivity index is 4.32. The number of hydrogen-bond donors (Lipinski definition) is 1. The van der Waals surface area contributed by atoms with Gasteiger partial charge in [0.1, 0.15) is 0 Å². The molecule has 0 spiro atoms. The van der Waals surface area contributed by atoms with Crippen LogP contribution in [0.5, 0.6) is 0 Å². The van der Waals surface area contributed by atoms with E-state index in [0.717, 1.165) is 32.4 Å². The van der Waals surface area contributed by atoms with E-state index < -0.39 is 10.2 Å². The second-order valence-electron chi connectivity index (χ2n) is 5.93. The molecule has 0 saturated heterocycles. The van der Waals surface area contributed by atoms with Crippen molar-refractivity contribution < 1.29 is 8.42 Å². The van der Waals surface area contributed by atoms with Crippen LogP contribution in [0.3, 0.4) is 0 Å². The van der Waals surface area contributed by atoms with Gasteiger partial charge in [-0.1, -0.05) is 20.8 Å². The fourth-order valence-electron chi connectivity index (χ4n) is 2.12. The summed E-state index contributed by atoms with van der Waals surface area (Å²) < 4.78 is 27.8. The molecule has 0 heterocycles. The van der Waals surface area contributed by atoms with Crippen molar-refractivity contribution in [1.82, 2.24) is 13.9 Å². The van der Waals surface area contributed by atoms with E-state index in [-0.39, 0.29) is 6.04 Å². The van der Waals surface area contributed by atoms with Gasteiger partial charge in [-0.3, -0.25) is 0 Å². The van der Waals surface area contributed by atoms with Crippen molar-refractivity contribution in [3.8, 4) is 0 Å². The highest BCUT2D eigenvalue weighted by molar-refractivity contribution is 7.86. The van der Waals surface area contributed by atoms with Gasteiger partial charge in [0.15, 0.2) is 0 Å². The van der Waals surface area contributed by atoms with Gasteiger partial charge in [0.25, 0.3) is 10.2 Å². The molecular weight excluding hydrogens is 274 g/mol. The maximum absolute atomic E-state index is 12.4. The summed E-state index contributed by atoms with van der Waals surface area (Å²) in [4.78, 5) is 0. The fourth-order valence-corrected chi connectivity index (χ4v) is 3.46. The van der Waals surface area contributed by atoms with Gasteiger partial charge < -0.3 is 5.32 Å². The van der Waals surface area contributed by atoms with Crippen molar-refractivity contribution in [3.05, 3.63) is 0 Å². The van der Waals surface area contributed by atoms with Crippen LogP contribution in [0.2, 0.25) is 0 Å². The van der Waals surface area contributed by atoms with Crippen molar-refractivity contribution in [1.29, 1.82) is 0 Å². The molecule has 5 nitrogen and oxygen atoms in total. The van der Waals surface area contributed by atoms with E-state index in [1.165, 1.54) is 8.61 Å². The third kappa shape index (κ3) is 7.02. The molecule has 0 aromatic heterocycles. The molecule has 1 unspecified atom stereocenters. The van der Waals surface area contributed by atoms with E-state index in [1.807, 2.05) is 6.92 Å². The number of nitrogens with one attached hydrogen (secondary N) is 1. The number of nitrogens with zero attached hydrogens (tertiary/aromatic N) is 2. The molecule has 0 amide bonds. The van der Waals surface area contributed by atoms with Gasteiger partial charge in [-0.05, 0) is 45.2 Å². The Bertz CT molecular complexity index is 344. The first-order valence-electron chi connectivity index (χ1n) is 7.63. The molecule has 20 heavy (non-hydrogen) atoms. The van der Waals surface area contributed by atoms with Crippen LogP contribution in [0.15, 0.2) is 0 Å². The second kappa shape index (κ2) is 9.71. The van der Waals surface area contributed by atoms with Crippen molar-refractivity contribution >= 4 is 10.2 Å². The molecule has 0 rings (SSSR count). The molecule has 122 valence electrons. The third-order valence-corrected chi connectivity index (χ3v) is 5.50. The average Bonchev–Trinajstić information content (AvgIpc) is 2.36. The molecule has 0 saturated carbocycles. The summed E-state index contributed by atoms with van der Waals surface area (Å²) in [6.45, 7) is 10.7. The first kappa shape index (κ1) is 19.8. The number of hydrogen-bond acceptors (Lipinski definition) is 3.